The van der Waals surface area contributed by atoms with Crippen molar-refractivity contribution < 1.29 is 8.42 Å². The van der Waals surface area contributed by atoms with Crippen molar-refractivity contribution in [2.75, 3.05) is 12.3 Å². The van der Waals surface area contributed by atoms with Gasteiger partial charge in [-0.15, -0.1) is 0 Å². The Labute approximate surface area is 121 Å². The number of aromatic nitrogens is 2. The fourth-order valence-electron chi connectivity index (χ4n) is 2.93. The third-order valence-corrected chi connectivity index (χ3v) is 6.28. The van der Waals surface area contributed by atoms with E-state index in [1.165, 1.54) is 4.68 Å². The lowest BCUT2D eigenvalue weighted by molar-refractivity contribution is 0.315. The lowest BCUT2D eigenvalue weighted by Crippen LogP contribution is -2.40. The Morgan fingerprint density at radius 1 is 1.35 bits per heavy atom. The molecule has 2 rings (SSSR count). The van der Waals surface area contributed by atoms with E-state index >= 15 is 0 Å². The Morgan fingerprint density at radius 3 is 2.60 bits per heavy atom. The van der Waals surface area contributed by atoms with Gasteiger partial charge in [-0.25, -0.2) is 8.42 Å². The minimum absolute atomic E-state index is 0.0708. The molecule has 1 atom stereocenters. The van der Waals surface area contributed by atoms with Crippen LogP contribution in [0.3, 0.4) is 0 Å². The van der Waals surface area contributed by atoms with Gasteiger partial charge in [-0.05, 0) is 26.2 Å². The van der Waals surface area contributed by atoms with Crippen LogP contribution < -0.4 is 5.73 Å². The van der Waals surface area contributed by atoms with Crippen LogP contribution in [-0.2, 0) is 17.1 Å². The zero-order valence-electron chi connectivity index (χ0n) is 12.5. The first-order chi connectivity index (χ1) is 9.39. The smallest absolute Gasteiger partial charge is 0.248 e. The predicted octanol–water partition coefficient (Wildman–Crippen LogP) is 1.65. The SMILES string of the molecule is CCC1CCCCCN1S(=O)(=O)c1c(N)nn(C)c1C. The molecule has 1 unspecified atom stereocenters. The average Bonchev–Trinajstić information content (AvgIpc) is 2.59. The minimum atomic E-state index is -3.56. The second-order valence-corrected chi connectivity index (χ2v) is 7.28. The van der Waals surface area contributed by atoms with Gasteiger partial charge in [0.05, 0.1) is 5.69 Å². The highest BCUT2D eigenvalue weighted by Crippen LogP contribution is 2.30. The molecule has 1 saturated heterocycles. The third kappa shape index (κ3) is 2.56. The first-order valence-corrected chi connectivity index (χ1v) is 8.64. The number of aryl methyl sites for hydroxylation is 1. The molecule has 0 aromatic carbocycles. The van der Waals surface area contributed by atoms with E-state index in [1.807, 2.05) is 6.92 Å². The molecular weight excluding hydrogens is 276 g/mol. The van der Waals surface area contributed by atoms with Crippen LogP contribution in [0.4, 0.5) is 5.82 Å². The fraction of sp³-hybridized carbons (Fsp3) is 0.769. The molecule has 114 valence electrons. The zero-order chi connectivity index (χ0) is 14.9. The van der Waals surface area contributed by atoms with Crippen LogP contribution in [0.1, 0.15) is 44.7 Å². The molecule has 0 amide bonds. The monoisotopic (exact) mass is 300 g/mol. The molecule has 0 spiro atoms. The predicted molar refractivity (Wildman–Crippen MR) is 78.8 cm³/mol. The molecule has 6 nitrogen and oxygen atoms in total. The third-order valence-electron chi connectivity index (χ3n) is 4.17. The fourth-order valence-corrected chi connectivity index (χ4v) is 4.99. The molecule has 2 N–H and O–H groups in total. The Balaban J connectivity index is 2.47. The molecule has 1 fully saturated rings. The summed E-state index contributed by atoms with van der Waals surface area (Å²) in [6.45, 7) is 4.36. The number of nitrogen functional groups attached to an aromatic ring is 1. The summed E-state index contributed by atoms with van der Waals surface area (Å²) < 4.78 is 29.1. The number of hydrogen-bond acceptors (Lipinski definition) is 4. The number of rotatable bonds is 3. The zero-order valence-corrected chi connectivity index (χ0v) is 13.3. The number of sulfonamides is 1. The van der Waals surface area contributed by atoms with Gasteiger partial charge < -0.3 is 5.73 Å². The van der Waals surface area contributed by atoms with Crippen LogP contribution >= 0.6 is 0 Å². The second-order valence-electron chi connectivity index (χ2n) is 5.45. The standard InChI is InChI=1S/C13H24N4O2S/c1-4-11-8-6-5-7-9-17(11)20(18,19)12-10(2)16(3)15-13(12)14/h11H,4-9H2,1-3H3,(H2,14,15). The summed E-state index contributed by atoms with van der Waals surface area (Å²) in [5, 5.41) is 4.03. The summed E-state index contributed by atoms with van der Waals surface area (Å²) in [5.41, 5.74) is 6.42. The molecule has 20 heavy (non-hydrogen) atoms. The topological polar surface area (TPSA) is 81.2 Å². The van der Waals surface area contributed by atoms with Gasteiger partial charge in [0, 0.05) is 19.6 Å². The van der Waals surface area contributed by atoms with Crippen LogP contribution in [0, 0.1) is 6.92 Å². The molecular formula is C13H24N4O2S. The van der Waals surface area contributed by atoms with Gasteiger partial charge in [0.2, 0.25) is 10.0 Å². The highest BCUT2D eigenvalue weighted by atomic mass is 32.2. The van der Waals surface area contributed by atoms with Gasteiger partial charge in [0.15, 0.2) is 5.82 Å². The minimum Gasteiger partial charge on any atom is -0.381 e. The maximum absolute atomic E-state index is 13.0. The lowest BCUT2D eigenvalue weighted by atomic mass is 10.1. The van der Waals surface area contributed by atoms with Crippen LogP contribution in [0.25, 0.3) is 0 Å². The van der Waals surface area contributed by atoms with Gasteiger partial charge in [0.25, 0.3) is 0 Å². The first kappa shape index (κ1) is 15.3. The van der Waals surface area contributed by atoms with E-state index in [2.05, 4.69) is 5.10 Å². The molecule has 1 aliphatic rings. The van der Waals surface area contributed by atoms with E-state index < -0.39 is 10.0 Å². The Kier molecular flexibility index (Phi) is 4.39. The van der Waals surface area contributed by atoms with E-state index in [0.29, 0.717) is 12.2 Å². The van der Waals surface area contributed by atoms with Crippen molar-refractivity contribution in [3.63, 3.8) is 0 Å². The van der Waals surface area contributed by atoms with Gasteiger partial charge in [-0.3, -0.25) is 4.68 Å². The molecule has 1 aromatic rings. The number of hydrogen-bond donors (Lipinski definition) is 1. The maximum Gasteiger partial charge on any atom is 0.248 e. The quantitative estimate of drug-likeness (QED) is 0.920. The second kappa shape index (κ2) is 5.73. The lowest BCUT2D eigenvalue weighted by Gasteiger charge is -2.28. The average molecular weight is 300 g/mol. The Morgan fingerprint density at radius 2 is 2.05 bits per heavy atom. The van der Waals surface area contributed by atoms with E-state index in [9.17, 15) is 8.42 Å². The van der Waals surface area contributed by atoms with Gasteiger partial charge in [0.1, 0.15) is 4.90 Å². The van der Waals surface area contributed by atoms with Crippen LogP contribution in [0.2, 0.25) is 0 Å². The highest BCUT2D eigenvalue weighted by molar-refractivity contribution is 7.89. The Hall–Kier alpha value is -1.08. The summed E-state index contributed by atoms with van der Waals surface area (Å²) in [5.74, 6) is 0.101. The van der Waals surface area contributed by atoms with Gasteiger partial charge >= 0.3 is 0 Å². The van der Waals surface area contributed by atoms with Crippen molar-refractivity contribution in [1.82, 2.24) is 14.1 Å². The van der Waals surface area contributed by atoms with E-state index in [0.717, 1.165) is 32.1 Å². The first-order valence-electron chi connectivity index (χ1n) is 7.20. The van der Waals surface area contributed by atoms with Crippen molar-refractivity contribution in [3.8, 4) is 0 Å². The van der Waals surface area contributed by atoms with E-state index in [1.54, 1.807) is 18.3 Å². The van der Waals surface area contributed by atoms with Crippen LogP contribution in [-0.4, -0.2) is 35.1 Å². The molecule has 1 aromatic heterocycles. The van der Waals surface area contributed by atoms with Crippen molar-refractivity contribution in [1.29, 1.82) is 0 Å². The summed E-state index contributed by atoms with van der Waals surface area (Å²) >= 11 is 0. The van der Waals surface area contributed by atoms with Crippen molar-refractivity contribution in [2.45, 2.75) is 56.9 Å². The molecule has 1 aliphatic heterocycles. The molecule has 0 saturated carbocycles. The van der Waals surface area contributed by atoms with Gasteiger partial charge in [-0.2, -0.15) is 9.40 Å². The summed E-state index contributed by atoms with van der Waals surface area (Å²) in [4.78, 5) is 0.181. The van der Waals surface area contributed by atoms with E-state index in [-0.39, 0.29) is 16.8 Å². The number of nitrogens with two attached hydrogens (primary N) is 1. The van der Waals surface area contributed by atoms with Crippen molar-refractivity contribution in [2.24, 2.45) is 7.05 Å². The van der Waals surface area contributed by atoms with Crippen molar-refractivity contribution in [3.05, 3.63) is 5.69 Å². The van der Waals surface area contributed by atoms with Crippen LogP contribution in [0.5, 0.6) is 0 Å². The summed E-state index contributed by atoms with van der Waals surface area (Å²) in [6, 6.07) is 0.0708. The van der Waals surface area contributed by atoms with Gasteiger partial charge in [-0.1, -0.05) is 19.8 Å². The molecule has 0 aliphatic carbocycles. The summed E-state index contributed by atoms with van der Waals surface area (Å²) in [6.07, 6.45) is 4.85. The normalized spacial score (nSPS) is 21.9. The Bertz CT molecular complexity index is 579. The molecule has 0 radical (unpaired) electrons. The number of anilines is 1. The largest absolute Gasteiger partial charge is 0.381 e. The van der Waals surface area contributed by atoms with Crippen LogP contribution in [0.15, 0.2) is 4.90 Å². The maximum atomic E-state index is 13.0. The molecule has 2 heterocycles. The molecule has 0 bridgehead atoms. The van der Waals surface area contributed by atoms with E-state index in [4.69, 9.17) is 5.73 Å². The molecule has 7 heteroatoms. The highest BCUT2D eigenvalue weighted by Gasteiger charge is 2.35. The summed E-state index contributed by atoms with van der Waals surface area (Å²) in [7, 11) is -1.85. The van der Waals surface area contributed by atoms with Crippen molar-refractivity contribution >= 4 is 15.8 Å². The number of nitrogens with zero attached hydrogens (tertiary/aromatic N) is 3.